The van der Waals surface area contributed by atoms with Crippen LogP contribution in [0.2, 0.25) is 0 Å². The Morgan fingerprint density at radius 3 is 2.60 bits per heavy atom. The predicted octanol–water partition coefficient (Wildman–Crippen LogP) is 2.76. The third kappa shape index (κ3) is 4.31. The molecule has 82 valence electrons. The Hall–Kier alpha value is -1.77. The molecule has 0 bridgehead atoms. The van der Waals surface area contributed by atoms with Gasteiger partial charge in [0.2, 0.25) is 0 Å². The minimum atomic E-state index is -0.544. The highest BCUT2D eigenvalue weighted by molar-refractivity contribution is 5.92. The fourth-order valence-corrected chi connectivity index (χ4v) is 0.859. The van der Waals surface area contributed by atoms with Gasteiger partial charge in [0.25, 0.3) is 0 Å². The van der Waals surface area contributed by atoms with E-state index in [2.05, 4.69) is 6.58 Å². The van der Waals surface area contributed by atoms with Crippen molar-refractivity contribution in [3.63, 3.8) is 0 Å². The van der Waals surface area contributed by atoms with Crippen LogP contribution < -0.4 is 0 Å². The van der Waals surface area contributed by atoms with Gasteiger partial charge in [-0.05, 0) is 12.1 Å². The normalized spacial score (nSPS) is 8.40. The molecular formula is C12H16O3. The van der Waals surface area contributed by atoms with Crippen LogP contribution in [0.15, 0.2) is 36.9 Å². The lowest BCUT2D eigenvalue weighted by atomic mass is 10.2. The van der Waals surface area contributed by atoms with Crippen molar-refractivity contribution in [2.24, 2.45) is 0 Å². The zero-order valence-electron chi connectivity index (χ0n) is 9.06. The number of benzene rings is 1. The van der Waals surface area contributed by atoms with Crippen LogP contribution in [-0.2, 0) is 4.74 Å². The number of carbonyl (C=O) groups excluding carboxylic acids is 1. The SMILES string of the molecule is C=CCOC(=O)c1ccccc1O.CC. The van der Waals surface area contributed by atoms with E-state index >= 15 is 0 Å². The van der Waals surface area contributed by atoms with Crippen LogP contribution in [0.25, 0.3) is 0 Å². The second-order valence-corrected chi connectivity index (χ2v) is 2.40. The smallest absolute Gasteiger partial charge is 0.342 e. The van der Waals surface area contributed by atoms with Crippen molar-refractivity contribution in [1.82, 2.24) is 0 Å². The van der Waals surface area contributed by atoms with Crippen molar-refractivity contribution < 1.29 is 14.6 Å². The molecule has 0 fully saturated rings. The predicted molar refractivity (Wildman–Crippen MR) is 59.9 cm³/mol. The van der Waals surface area contributed by atoms with Crippen molar-refractivity contribution in [3.05, 3.63) is 42.5 Å². The molecule has 15 heavy (non-hydrogen) atoms. The molecule has 1 aromatic carbocycles. The summed E-state index contributed by atoms with van der Waals surface area (Å²) in [6, 6.07) is 6.23. The topological polar surface area (TPSA) is 46.5 Å². The van der Waals surface area contributed by atoms with E-state index in [1.165, 1.54) is 18.2 Å². The standard InChI is InChI=1S/C10H10O3.C2H6/c1-2-7-13-10(12)8-5-3-4-6-9(8)11;1-2/h2-6,11H,1,7H2;1-2H3. The quantitative estimate of drug-likeness (QED) is 0.613. The number of carbonyl (C=O) groups is 1. The molecule has 0 atom stereocenters. The molecule has 0 radical (unpaired) electrons. The van der Waals surface area contributed by atoms with E-state index in [0.717, 1.165) is 0 Å². The lowest BCUT2D eigenvalue weighted by Gasteiger charge is -2.02. The number of ether oxygens (including phenoxy) is 1. The molecule has 3 nitrogen and oxygen atoms in total. The number of hydrogen-bond donors (Lipinski definition) is 1. The first-order chi connectivity index (χ1) is 7.25. The molecule has 0 saturated heterocycles. The molecule has 3 heteroatoms. The Morgan fingerprint density at radius 2 is 2.07 bits per heavy atom. The number of phenols is 1. The first kappa shape index (κ1) is 13.2. The van der Waals surface area contributed by atoms with Gasteiger partial charge in [-0.15, -0.1) is 0 Å². The Bertz CT molecular complexity index is 318. The highest BCUT2D eigenvalue weighted by Crippen LogP contribution is 2.16. The van der Waals surface area contributed by atoms with Crippen LogP contribution in [0, 0.1) is 0 Å². The summed E-state index contributed by atoms with van der Waals surface area (Å²) in [4.78, 5) is 11.2. The maximum Gasteiger partial charge on any atom is 0.342 e. The second-order valence-electron chi connectivity index (χ2n) is 2.40. The van der Waals surface area contributed by atoms with E-state index in [1.807, 2.05) is 13.8 Å². The van der Waals surface area contributed by atoms with Gasteiger partial charge in [0.15, 0.2) is 0 Å². The van der Waals surface area contributed by atoms with Crippen LogP contribution in [0.5, 0.6) is 5.75 Å². The summed E-state index contributed by atoms with van der Waals surface area (Å²) in [7, 11) is 0. The van der Waals surface area contributed by atoms with E-state index in [4.69, 9.17) is 4.74 Å². The number of esters is 1. The zero-order chi connectivity index (χ0) is 11.7. The molecule has 1 N–H and O–H groups in total. The van der Waals surface area contributed by atoms with Gasteiger partial charge in [-0.25, -0.2) is 4.79 Å². The van der Waals surface area contributed by atoms with E-state index in [-0.39, 0.29) is 17.9 Å². The summed E-state index contributed by atoms with van der Waals surface area (Å²) in [6.07, 6.45) is 1.47. The first-order valence-corrected chi connectivity index (χ1v) is 4.81. The maximum absolute atomic E-state index is 11.2. The van der Waals surface area contributed by atoms with Crippen molar-refractivity contribution in [2.45, 2.75) is 13.8 Å². The number of phenolic OH excluding ortho intramolecular Hbond substituents is 1. The first-order valence-electron chi connectivity index (χ1n) is 4.81. The summed E-state index contributed by atoms with van der Waals surface area (Å²) in [5.74, 6) is -0.616. The van der Waals surface area contributed by atoms with Crippen LogP contribution in [0.1, 0.15) is 24.2 Å². The number of hydrogen-bond acceptors (Lipinski definition) is 3. The van der Waals surface area contributed by atoms with E-state index in [9.17, 15) is 9.90 Å². The second kappa shape index (κ2) is 7.62. The summed E-state index contributed by atoms with van der Waals surface area (Å²) in [6.45, 7) is 7.56. The Morgan fingerprint density at radius 1 is 1.47 bits per heavy atom. The van der Waals surface area contributed by atoms with Crippen LogP contribution in [-0.4, -0.2) is 17.7 Å². The number of aromatic hydroxyl groups is 1. The summed E-state index contributed by atoms with van der Waals surface area (Å²) in [5, 5.41) is 9.25. The highest BCUT2D eigenvalue weighted by atomic mass is 16.5. The van der Waals surface area contributed by atoms with Crippen molar-refractivity contribution in [2.75, 3.05) is 6.61 Å². The van der Waals surface area contributed by atoms with E-state index in [0.29, 0.717) is 0 Å². The summed E-state index contributed by atoms with van der Waals surface area (Å²) >= 11 is 0. The molecule has 0 heterocycles. The van der Waals surface area contributed by atoms with Crippen LogP contribution in [0.4, 0.5) is 0 Å². The zero-order valence-corrected chi connectivity index (χ0v) is 9.06. The minimum absolute atomic E-state index is 0.0726. The van der Waals surface area contributed by atoms with Gasteiger partial charge >= 0.3 is 5.97 Å². The number of para-hydroxylation sites is 1. The molecule has 0 amide bonds. The van der Waals surface area contributed by atoms with E-state index in [1.54, 1.807) is 12.1 Å². The molecule has 0 aliphatic carbocycles. The van der Waals surface area contributed by atoms with Gasteiger partial charge in [-0.2, -0.15) is 0 Å². The average molecular weight is 208 g/mol. The third-order valence-electron chi connectivity index (χ3n) is 1.46. The van der Waals surface area contributed by atoms with Crippen molar-refractivity contribution in [1.29, 1.82) is 0 Å². The van der Waals surface area contributed by atoms with Gasteiger partial charge in [-0.3, -0.25) is 0 Å². The Kier molecular flexibility index (Phi) is 6.72. The fraction of sp³-hybridized carbons (Fsp3) is 0.250. The van der Waals surface area contributed by atoms with Crippen LogP contribution >= 0.6 is 0 Å². The third-order valence-corrected chi connectivity index (χ3v) is 1.46. The molecule has 0 aromatic heterocycles. The minimum Gasteiger partial charge on any atom is -0.507 e. The van der Waals surface area contributed by atoms with Gasteiger partial charge < -0.3 is 9.84 Å². The molecule has 0 spiro atoms. The van der Waals surface area contributed by atoms with Gasteiger partial charge in [-0.1, -0.05) is 38.6 Å². The van der Waals surface area contributed by atoms with Gasteiger partial charge in [0.05, 0.1) is 0 Å². The molecule has 0 aliphatic heterocycles. The Labute approximate surface area is 90.0 Å². The maximum atomic E-state index is 11.2. The molecule has 0 aliphatic rings. The van der Waals surface area contributed by atoms with Crippen molar-refractivity contribution in [3.8, 4) is 5.75 Å². The molecule has 1 rings (SSSR count). The molecule has 1 aromatic rings. The van der Waals surface area contributed by atoms with Crippen LogP contribution in [0.3, 0.4) is 0 Å². The largest absolute Gasteiger partial charge is 0.507 e. The summed E-state index contributed by atoms with van der Waals surface area (Å²) < 4.78 is 4.74. The monoisotopic (exact) mass is 208 g/mol. The highest BCUT2D eigenvalue weighted by Gasteiger charge is 2.09. The molecule has 0 saturated carbocycles. The van der Waals surface area contributed by atoms with Crippen molar-refractivity contribution >= 4 is 5.97 Å². The summed E-state index contributed by atoms with van der Waals surface area (Å²) in [5.41, 5.74) is 0.171. The van der Waals surface area contributed by atoms with E-state index < -0.39 is 5.97 Å². The molecule has 0 unspecified atom stereocenters. The Balaban J connectivity index is 0.000000921. The lowest BCUT2D eigenvalue weighted by molar-refractivity contribution is 0.0546. The lowest BCUT2D eigenvalue weighted by Crippen LogP contribution is -2.04. The number of rotatable bonds is 3. The average Bonchev–Trinajstić information content (AvgIpc) is 2.29. The fourth-order valence-electron chi connectivity index (χ4n) is 0.859. The van der Waals surface area contributed by atoms with Gasteiger partial charge in [0, 0.05) is 0 Å². The van der Waals surface area contributed by atoms with Gasteiger partial charge in [0.1, 0.15) is 17.9 Å². The molecular weight excluding hydrogens is 192 g/mol.